The van der Waals surface area contributed by atoms with Crippen molar-refractivity contribution in [1.82, 2.24) is 14.7 Å². The second-order valence-corrected chi connectivity index (χ2v) is 12.8. The number of ether oxygens (including phenoxy) is 5. The van der Waals surface area contributed by atoms with Crippen LogP contribution in [0.25, 0.3) is 10.9 Å². The van der Waals surface area contributed by atoms with Crippen LogP contribution >= 0.6 is 0 Å². The number of benzene rings is 2. The third kappa shape index (κ3) is 9.52. The van der Waals surface area contributed by atoms with Gasteiger partial charge in [0, 0.05) is 44.2 Å². The Balaban J connectivity index is 0.000000238. The quantitative estimate of drug-likeness (QED) is 0.222. The number of hydrogen-bond donors (Lipinski definition) is 2. The lowest BCUT2D eigenvalue weighted by Crippen LogP contribution is -2.57. The molecule has 0 aliphatic carbocycles. The van der Waals surface area contributed by atoms with Crippen molar-refractivity contribution in [2.24, 2.45) is 0 Å². The maximum absolute atomic E-state index is 13.5. The minimum Gasteiger partial charge on any atom is -0.486 e. The van der Waals surface area contributed by atoms with Crippen molar-refractivity contribution in [3.63, 3.8) is 0 Å². The van der Waals surface area contributed by atoms with Gasteiger partial charge in [-0.05, 0) is 96.7 Å². The monoisotopic (exact) mass is 688 g/mol. The van der Waals surface area contributed by atoms with E-state index in [1.165, 1.54) is 17.0 Å². The molecule has 5 rings (SSSR count). The Hall–Kier alpha value is -4.14. The second kappa shape index (κ2) is 16.0. The highest BCUT2D eigenvalue weighted by Crippen LogP contribution is 2.32. The van der Waals surface area contributed by atoms with Crippen molar-refractivity contribution >= 4 is 28.7 Å². The summed E-state index contributed by atoms with van der Waals surface area (Å²) in [6, 6.07) is 8.18. The lowest BCUT2D eigenvalue weighted by atomic mass is 10.0. The summed E-state index contributed by atoms with van der Waals surface area (Å²) in [5.41, 5.74) is 0.606. The molecule has 2 aliphatic heterocycles. The van der Waals surface area contributed by atoms with Crippen LogP contribution in [0.2, 0.25) is 0 Å². The molecule has 0 bridgehead atoms. The Kier molecular flexibility index (Phi) is 12.3. The molecule has 12 nitrogen and oxygen atoms in total. The van der Waals surface area contributed by atoms with Gasteiger partial charge in [-0.25, -0.2) is 23.1 Å². The number of carbonyl (C=O) groups excluding carboxylic acids is 1. The summed E-state index contributed by atoms with van der Waals surface area (Å²) < 4.78 is 56.7. The number of fused-ring (bicyclic) bond motifs is 1. The predicted molar refractivity (Wildman–Crippen MR) is 177 cm³/mol. The van der Waals surface area contributed by atoms with Gasteiger partial charge in [0.25, 0.3) is 0 Å². The van der Waals surface area contributed by atoms with Crippen molar-refractivity contribution in [3.05, 3.63) is 59.3 Å². The Labute approximate surface area is 284 Å². The normalized spacial score (nSPS) is 18.4. The Morgan fingerprint density at radius 3 is 2.33 bits per heavy atom. The predicted octanol–water partition coefficient (Wildman–Crippen LogP) is 7.27. The highest BCUT2D eigenvalue weighted by molar-refractivity contribution is 6.01. The van der Waals surface area contributed by atoms with E-state index in [4.69, 9.17) is 29.1 Å². The van der Waals surface area contributed by atoms with Crippen LogP contribution in [-0.2, 0) is 18.9 Å². The summed E-state index contributed by atoms with van der Waals surface area (Å²) in [6.07, 6.45) is 1.82. The van der Waals surface area contributed by atoms with Gasteiger partial charge in [0.05, 0.1) is 17.8 Å². The average molecular weight is 689 g/mol. The minimum atomic E-state index is -1.15. The minimum absolute atomic E-state index is 0.0934. The second-order valence-electron chi connectivity index (χ2n) is 12.8. The van der Waals surface area contributed by atoms with Crippen molar-refractivity contribution in [2.45, 2.75) is 90.9 Å². The molecule has 0 radical (unpaired) electrons. The number of carbonyl (C=O) groups is 2. The van der Waals surface area contributed by atoms with Gasteiger partial charge < -0.3 is 39.1 Å². The zero-order valence-corrected chi connectivity index (χ0v) is 28.9. The van der Waals surface area contributed by atoms with Crippen LogP contribution < -0.4 is 4.74 Å². The average Bonchev–Trinajstić information content (AvgIpc) is 3.41. The molecule has 268 valence electrons. The highest BCUT2D eigenvalue weighted by Gasteiger charge is 2.43. The molecule has 49 heavy (non-hydrogen) atoms. The molecule has 2 fully saturated rings. The maximum Gasteiger partial charge on any atom is 0.410 e. The fraction of sp³-hybridized carbons (Fsp3) is 0.543. The molecule has 2 aliphatic rings. The number of aromatic carboxylic acids is 1. The van der Waals surface area contributed by atoms with Gasteiger partial charge in [-0.15, -0.1) is 0 Å². The van der Waals surface area contributed by atoms with E-state index in [2.05, 4.69) is 5.10 Å². The van der Waals surface area contributed by atoms with Crippen LogP contribution in [0.1, 0.15) is 95.6 Å². The molecule has 2 saturated heterocycles. The Morgan fingerprint density at radius 2 is 1.78 bits per heavy atom. The SMILES string of the molecule is CC(Oc1ccc2c(c1)c(C(=O)O)nn2C1CCCCO1)c1cc(F)cc(F)c1.CCOC1(OCC)CCN(C(=O)OC(C)(C)C)CC1=N. The number of amides is 1. The Morgan fingerprint density at radius 1 is 1.10 bits per heavy atom. The number of carboxylic acids is 1. The van der Waals surface area contributed by atoms with Gasteiger partial charge in [0.1, 0.15) is 29.1 Å². The molecule has 2 atom stereocenters. The topological polar surface area (TPSA) is 145 Å². The van der Waals surface area contributed by atoms with E-state index in [1.807, 2.05) is 34.6 Å². The summed E-state index contributed by atoms with van der Waals surface area (Å²) in [5, 5.41) is 22.4. The third-order valence-corrected chi connectivity index (χ3v) is 7.90. The van der Waals surface area contributed by atoms with Gasteiger partial charge in [-0.3, -0.25) is 0 Å². The number of carboxylic acid groups (broad SMARTS) is 1. The molecular formula is C35H46F2N4O8. The Bertz CT molecular complexity index is 1610. The molecule has 3 heterocycles. The molecule has 2 unspecified atom stereocenters. The summed E-state index contributed by atoms with van der Waals surface area (Å²) in [7, 11) is 0. The van der Waals surface area contributed by atoms with Crippen molar-refractivity contribution < 1.29 is 47.2 Å². The van der Waals surface area contributed by atoms with E-state index in [0.717, 1.165) is 25.3 Å². The van der Waals surface area contributed by atoms with Gasteiger partial charge in [0.15, 0.2) is 11.9 Å². The van der Waals surface area contributed by atoms with Crippen LogP contribution in [0.3, 0.4) is 0 Å². The first-order chi connectivity index (χ1) is 23.2. The van der Waals surface area contributed by atoms with Crippen LogP contribution in [0.4, 0.5) is 13.6 Å². The number of hydrogen-bond acceptors (Lipinski definition) is 9. The van der Waals surface area contributed by atoms with Crippen LogP contribution in [0.15, 0.2) is 36.4 Å². The van der Waals surface area contributed by atoms with E-state index in [9.17, 15) is 23.5 Å². The molecule has 0 spiro atoms. The van der Waals surface area contributed by atoms with E-state index >= 15 is 0 Å². The first kappa shape index (κ1) is 37.7. The number of nitrogens with zero attached hydrogens (tertiary/aromatic N) is 3. The fourth-order valence-electron chi connectivity index (χ4n) is 5.70. The van der Waals surface area contributed by atoms with Gasteiger partial charge in [0.2, 0.25) is 5.79 Å². The largest absolute Gasteiger partial charge is 0.486 e. The molecule has 3 aromatic rings. The number of aromatic nitrogens is 2. The fourth-order valence-corrected chi connectivity index (χ4v) is 5.70. The number of halogens is 2. The number of likely N-dealkylation sites (tertiary alicyclic amines) is 1. The molecule has 2 aromatic carbocycles. The lowest BCUT2D eigenvalue weighted by Gasteiger charge is -2.41. The van der Waals surface area contributed by atoms with Gasteiger partial charge in [-0.1, -0.05) is 0 Å². The van der Waals surface area contributed by atoms with Crippen LogP contribution in [-0.4, -0.2) is 81.9 Å². The van der Waals surface area contributed by atoms with Crippen molar-refractivity contribution in [1.29, 1.82) is 5.41 Å². The molecule has 1 amide bonds. The molecule has 14 heteroatoms. The van der Waals surface area contributed by atoms with Crippen molar-refractivity contribution in [2.75, 3.05) is 32.9 Å². The number of piperidine rings is 1. The van der Waals surface area contributed by atoms with E-state index in [1.54, 1.807) is 29.8 Å². The van der Waals surface area contributed by atoms with Crippen LogP contribution in [0, 0.1) is 17.0 Å². The molecular weight excluding hydrogens is 642 g/mol. The molecule has 2 N–H and O–H groups in total. The lowest BCUT2D eigenvalue weighted by molar-refractivity contribution is -0.195. The van der Waals surface area contributed by atoms with E-state index < -0.39 is 41.2 Å². The van der Waals surface area contributed by atoms with Crippen molar-refractivity contribution in [3.8, 4) is 5.75 Å². The number of rotatable bonds is 9. The maximum atomic E-state index is 13.5. The summed E-state index contributed by atoms with van der Waals surface area (Å²) in [4.78, 5) is 25.2. The summed E-state index contributed by atoms with van der Waals surface area (Å²) in [6.45, 7) is 13.0. The van der Waals surface area contributed by atoms with E-state index in [0.29, 0.717) is 55.0 Å². The highest BCUT2D eigenvalue weighted by atomic mass is 19.1. The molecule has 0 saturated carbocycles. The van der Waals surface area contributed by atoms with Crippen LogP contribution in [0.5, 0.6) is 5.75 Å². The third-order valence-electron chi connectivity index (χ3n) is 7.90. The summed E-state index contributed by atoms with van der Waals surface area (Å²) >= 11 is 0. The van der Waals surface area contributed by atoms with Gasteiger partial charge in [-0.2, -0.15) is 5.10 Å². The number of nitrogens with one attached hydrogen (secondary N) is 1. The zero-order chi connectivity index (χ0) is 35.9. The first-order valence-electron chi connectivity index (χ1n) is 16.5. The van der Waals surface area contributed by atoms with Gasteiger partial charge >= 0.3 is 12.1 Å². The standard InChI is InChI=1S/C21H20F2N2O4.C14H26N2O4/c1-12(13-8-14(22)10-15(23)9-13)29-16-5-6-18-17(11-16)20(21(26)27)24-25(18)19-4-2-3-7-28-19;1-6-18-14(19-7-2)8-9-16(10-11(14)15)12(17)20-13(3,4)5/h5-6,8-12,19H,2-4,7H2,1H3,(H,26,27);15H,6-10H2,1-5H3. The smallest absolute Gasteiger partial charge is 0.410 e. The first-order valence-corrected chi connectivity index (χ1v) is 16.5. The molecule has 1 aromatic heterocycles. The van der Waals surface area contributed by atoms with E-state index in [-0.39, 0.29) is 24.2 Å². The zero-order valence-electron chi connectivity index (χ0n) is 28.9. The summed E-state index contributed by atoms with van der Waals surface area (Å²) in [5.74, 6) is -3.13.